The SMILES string of the molecule is CC(C)n1ncc2ccc(NC(=O)CC3CSCCN3)cc21.Cl. The lowest BCUT2D eigenvalue weighted by Gasteiger charge is -2.22. The first kappa shape index (κ1) is 18.1. The number of rotatable bonds is 4. The quantitative estimate of drug-likeness (QED) is 0.885. The molecule has 0 spiro atoms. The summed E-state index contributed by atoms with van der Waals surface area (Å²) in [7, 11) is 0. The molecule has 1 aromatic heterocycles. The topological polar surface area (TPSA) is 59.0 Å². The first-order valence-corrected chi connectivity index (χ1v) is 8.87. The number of carbonyl (C=O) groups excluding carboxylic acids is 1. The van der Waals surface area contributed by atoms with Gasteiger partial charge in [0.1, 0.15) is 0 Å². The molecule has 1 fully saturated rings. The molecule has 0 aliphatic carbocycles. The average Bonchev–Trinajstić information content (AvgIpc) is 2.91. The summed E-state index contributed by atoms with van der Waals surface area (Å²) in [5, 5.41) is 11.9. The third-order valence-electron chi connectivity index (χ3n) is 3.80. The number of halogens is 1. The smallest absolute Gasteiger partial charge is 0.225 e. The lowest BCUT2D eigenvalue weighted by atomic mass is 10.2. The number of hydrogen-bond acceptors (Lipinski definition) is 4. The molecule has 1 aliphatic rings. The number of fused-ring (bicyclic) bond motifs is 1. The molecule has 0 saturated carbocycles. The Labute approximate surface area is 147 Å². The predicted octanol–water partition coefficient (Wildman–Crippen LogP) is 3.07. The van der Waals surface area contributed by atoms with Crippen molar-refractivity contribution in [3.05, 3.63) is 24.4 Å². The highest BCUT2D eigenvalue weighted by Gasteiger charge is 2.17. The second kappa shape index (κ2) is 8.04. The molecular formula is C16H23ClN4OS. The third-order valence-corrected chi connectivity index (χ3v) is 4.93. The zero-order valence-corrected chi connectivity index (χ0v) is 15.0. The second-order valence-electron chi connectivity index (χ2n) is 5.93. The van der Waals surface area contributed by atoms with Gasteiger partial charge >= 0.3 is 0 Å². The van der Waals surface area contributed by atoms with Crippen molar-refractivity contribution in [2.75, 3.05) is 23.4 Å². The zero-order chi connectivity index (χ0) is 15.5. The van der Waals surface area contributed by atoms with Crippen molar-refractivity contribution in [3.63, 3.8) is 0 Å². The van der Waals surface area contributed by atoms with Gasteiger partial charge in [0.15, 0.2) is 0 Å². The highest BCUT2D eigenvalue weighted by molar-refractivity contribution is 7.99. The number of nitrogens with zero attached hydrogens (tertiary/aromatic N) is 2. The van der Waals surface area contributed by atoms with Gasteiger partial charge in [0.2, 0.25) is 5.91 Å². The van der Waals surface area contributed by atoms with Gasteiger partial charge in [-0.1, -0.05) is 0 Å². The number of aromatic nitrogens is 2. The molecular weight excluding hydrogens is 332 g/mol. The van der Waals surface area contributed by atoms with Gasteiger partial charge in [-0.2, -0.15) is 16.9 Å². The molecule has 1 saturated heterocycles. The van der Waals surface area contributed by atoms with E-state index in [1.165, 1.54) is 0 Å². The Kier molecular flexibility index (Phi) is 6.33. The van der Waals surface area contributed by atoms with Crippen LogP contribution in [0, 0.1) is 0 Å². The van der Waals surface area contributed by atoms with Crippen LogP contribution in [0.25, 0.3) is 10.9 Å². The molecule has 1 aliphatic heterocycles. The predicted molar refractivity (Wildman–Crippen MR) is 99.7 cm³/mol. The minimum atomic E-state index is 0. The Morgan fingerprint density at radius 2 is 2.35 bits per heavy atom. The van der Waals surface area contributed by atoms with Crippen molar-refractivity contribution in [1.29, 1.82) is 0 Å². The van der Waals surface area contributed by atoms with Crippen LogP contribution in [0.2, 0.25) is 0 Å². The normalized spacial score (nSPS) is 18.0. The van der Waals surface area contributed by atoms with E-state index < -0.39 is 0 Å². The number of carbonyl (C=O) groups is 1. The first-order chi connectivity index (χ1) is 10.6. The standard InChI is InChI=1S/C16H22N4OS.ClH/c1-11(2)20-15-7-13(4-3-12(15)9-18-20)19-16(21)8-14-10-22-6-5-17-14;/h3-4,7,9,11,14,17H,5-6,8,10H2,1-2H3,(H,19,21);1H. The van der Waals surface area contributed by atoms with Crippen molar-refractivity contribution in [3.8, 4) is 0 Å². The fourth-order valence-corrected chi connectivity index (χ4v) is 3.66. The van der Waals surface area contributed by atoms with Gasteiger partial charge in [-0.25, -0.2) is 0 Å². The van der Waals surface area contributed by atoms with Crippen molar-refractivity contribution < 1.29 is 4.79 Å². The van der Waals surface area contributed by atoms with Gasteiger partial charge in [-0.3, -0.25) is 9.48 Å². The molecule has 0 bridgehead atoms. The van der Waals surface area contributed by atoms with E-state index in [0.29, 0.717) is 12.5 Å². The summed E-state index contributed by atoms with van der Waals surface area (Å²) < 4.78 is 1.98. The van der Waals surface area contributed by atoms with Crippen LogP contribution in [0.15, 0.2) is 24.4 Å². The van der Waals surface area contributed by atoms with Crippen LogP contribution in [-0.4, -0.2) is 39.8 Å². The van der Waals surface area contributed by atoms with Gasteiger partial charge in [-0.15, -0.1) is 12.4 Å². The fourth-order valence-electron chi connectivity index (χ4n) is 2.71. The van der Waals surface area contributed by atoms with Gasteiger partial charge < -0.3 is 10.6 Å². The average molecular weight is 355 g/mol. The van der Waals surface area contributed by atoms with Gasteiger partial charge in [-0.05, 0) is 32.0 Å². The molecule has 3 rings (SSSR count). The maximum absolute atomic E-state index is 12.2. The molecule has 1 atom stereocenters. The molecule has 5 nitrogen and oxygen atoms in total. The van der Waals surface area contributed by atoms with E-state index in [1.54, 1.807) is 0 Å². The molecule has 0 radical (unpaired) electrons. The van der Waals surface area contributed by atoms with E-state index in [4.69, 9.17) is 0 Å². The molecule has 2 aromatic rings. The van der Waals surface area contributed by atoms with Crippen molar-refractivity contribution in [1.82, 2.24) is 15.1 Å². The molecule has 126 valence electrons. The number of hydrogen-bond donors (Lipinski definition) is 2. The molecule has 2 heterocycles. The van der Waals surface area contributed by atoms with Crippen molar-refractivity contribution in [2.24, 2.45) is 0 Å². The molecule has 1 unspecified atom stereocenters. The monoisotopic (exact) mass is 354 g/mol. The summed E-state index contributed by atoms with van der Waals surface area (Å²) in [5.41, 5.74) is 1.89. The van der Waals surface area contributed by atoms with Crippen LogP contribution < -0.4 is 10.6 Å². The number of thioether (sulfide) groups is 1. The van der Waals surface area contributed by atoms with Crippen molar-refractivity contribution in [2.45, 2.75) is 32.4 Å². The van der Waals surface area contributed by atoms with Crippen LogP contribution in [0.1, 0.15) is 26.3 Å². The summed E-state index contributed by atoms with van der Waals surface area (Å²) in [5.74, 6) is 2.20. The van der Waals surface area contributed by atoms with E-state index in [-0.39, 0.29) is 24.4 Å². The summed E-state index contributed by atoms with van der Waals surface area (Å²) in [6, 6.07) is 6.53. The van der Waals surface area contributed by atoms with Crippen molar-refractivity contribution >= 4 is 46.7 Å². The molecule has 1 aromatic carbocycles. The van der Waals surface area contributed by atoms with E-state index in [0.717, 1.165) is 34.6 Å². The van der Waals surface area contributed by atoms with E-state index in [9.17, 15) is 4.79 Å². The van der Waals surface area contributed by atoms with Crippen LogP contribution in [0.4, 0.5) is 5.69 Å². The van der Waals surface area contributed by atoms with Gasteiger partial charge in [0.25, 0.3) is 0 Å². The largest absolute Gasteiger partial charge is 0.326 e. The van der Waals surface area contributed by atoms with E-state index in [1.807, 2.05) is 40.8 Å². The highest BCUT2D eigenvalue weighted by Crippen LogP contribution is 2.22. The lowest BCUT2D eigenvalue weighted by Crippen LogP contribution is -2.39. The fraction of sp³-hybridized carbons (Fsp3) is 0.500. The molecule has 23 heavy (non-hydrogen) atoms. The van der Waals surface area contributed by atoms with E-state index >= 15 is 0 Å². The number of benzene rings is 1. The van der Waals surface area contributed by atoms with Gasteiger partial charge in [0, 0.05) is 47.6 Å². The maximum atomic E-state index is 12.2. The van der Waals surface area contributed by atoms with Crippen LogP contribution in [-0.2, 0) is 4.79 Å². The lowest BCUT2D eigenvalue weighted by molar-refractivity contribution is -0.116. The van der Waals surface area contributed by atoms with Crippen LogP contribution >= 0.6 is 24.2 Å². The van der Waals surface area contributed by atoms with Gasteiger partial charge in [0.05, 0.1) is 11.7 Å². The molecule has 1 amide bonds. The maximum Gasteiger partial charge on any atom is 0.225 e. The third kappa shape index (κ3) is 4.40. The number of amides is 1. The molecule has 7 heteroatoms. The Morgan fingerprint density at radius 3 is 3.04 bits per heavy atom. The number of anilines is 1. The summed E-state index contributed by atoms with van der Waals surface area (Å²) in [6.45, 7) is 5.19. The van der Waals surface area contributed by atoms with Crippen LogP contribution in [0.5, 0.6) is 0 Å². The Hall–Kier alpha value is -1.24. The zero-order valence-electron chi connectivity index (χ0n) is 13.4. The van der Waals surface area contributed by atoms with Crippen LogP contribution in [0.3, 0.4) is 0 Å². The van der Waals surface area contributed by atoms with E-state index in [2.05, 4.69) is 29.6 Å². The Bertz CT molecular complexity index is 667. The number of nitrogens with one attached hydrogen (secondary N) is 2. The second-order valence-corrected chi connectivity index (χ2v) is 7.08. The minimum absolute atomic E-state index is 0. The summed E-state index contributed by atoms with van der Waals surface area (Å²) in [6.07, 6.45) is 2.39. The highest BCUT2D eigenvalue weighted by atomic mass is 35.5. The first-order valence-electron chi connectivity index (χ1n) is 7.72. The Balaban J connectivity index is 0.00000192. The summed E-state index contributed by atoms with van der Waals surface area (Å²) >= 11 is 1.91. The molecule has 2 N–H and O–H groups in total. The summed E-state index contributed by atoms with van der Waals surface area (Å²) in [4.78, 5) is 12.2. The Morgan fingerprint density at radius 1 is 1.52 bits per heavy atom. The minimum Gasteiger partial charge on any atom is -0.326 e.